The van der Waals surface area contributed by atoms with Crippen LogP contribution in [0.3, 0.4) is 0 Å². The maximum Gasteiger partial charge on any atom is 0.377 e. The van der Waals surface area contributed by atoms with Crippen molar-refractivity contribution in [3.63, 3.8) is 0 Å². The van der Waals surface area contributed by atoms with E-state index >= 15 is 0 Å². The van der Waals surface area contributed by atoms with Gasteiger partial charge in [-0.25, -0.2) is 4.79 Å². The lowest BCUT2D eigenvalue weighted by molar-refractivity contribution is -0.158. The van der Waals surface area contributed by atoms with E-state index in [1.165, 1.54) is 0 Å². The smallest absolute Gasteiger partial charge is 0.377 e. The second kappa shape index (κ2) is 5.21. The van der Waals surface area contributed by atoms with E-state index in [2.05, 4.69) is 10.1 Å². The summed E-state index contributed by atoms with van der Waals surface area (Å²) in [6.45, 7) is 2.90. The highest BCUT2D eigenvalue weighted by Gasteiger charge is 2.50. The van der Waals surface area contributed by atoms with Gasteiger partial charge in [-0.1, -0.05) is 12.2 Å². The first-order chi connectivity index (χ1) is 7.06. The summed E-state index contributed by atoms with van der Waals surface area (Å²) in [5.41, 5.74) is 0. The van der Waals surface area contributed by atoms with Gasteiger partial charge in [-0.05, 0) is 19.9 Å². The summed E-state index contributed by atoms with van der Waals surface area (Å²) in [6, 6.07) is 0. The molecule has 0 amide bonds. The second-order valence-corrected chi connectivity index (χ2v) is 3.50. The highest BCUT2D eigenvalue weighted by molar-refractivity contribution is 5.79. The Morgan fingerprint density at radius 3 is 2.93 bits per heavy atom. The van der Waals surface area contributed by atoms with E-state index in [0.29, 0.717) is 13.1 Å². The van der Waals surface area contributed by atoms with Gasteiger partial charge in [0.15, 0.2) is 0 Å². The fourth-order valence-electron chi connectivity index (χ4n) is 1.38. The summed E-state index contributed by atoms with van der Waals surface area (Å²) in [4.78, 5) is 10.6. The molecule has 1 unspecified atom stereocenters. The predicted octanol–water partition coefficient (Wildman–Crippen LogP) is 1.49. The van der Waals surface area contributed by atoms with Gasteiger partial charge >= 0.3 is 11.9 Å². The van der Waals surface area contributed by atoms with Crippen LogP contribution in [0.5, 0.6) is 0 Å². The molecule has 1 fully saturated rings. The van der Waals surface area contributed by atoms with Crippen molar-refractivity contribution in [1.29, 1.82) is 0 Å². The Morgan fingerprint density at radius 1 is 1.67 bits per heavy atom. The molecular formula is C10H15F2NO2. The van der Waals surface area contributed by atoms with E-state index in [4.69, 9.17) is 0 Å². The summed E-state index contributed by atoms with van der Waals surface area (Å²) in [5, 5.41) is 2.96. The number of alkyl halides is 2. The molecule has 1 saturated heterocycles. The molecular weight excluding hydrogens is 204 g/mol. The number of rotatable bonds is 5. The van der Waals surface area contributed by atoms with Gasteiger partial charge in [-0.15, -0.1) is 0 Å². The van der Waals surface area contributed by atoms with Gasteiger partial charge in [-0.3, -0.25) is 0 Å². The Morgan fingerprint density at radius 2 is 2.40 bits per heavy atom. The maximum atomic E-state index is 12.7. The topological polar surface area (TPSA) is 38.3 Å². The van der Waals surface area contributed by atoms with E-state index in [-0.39, 0.29) is 0 Å². The van der Waals surface area contributed by atoms with Gasteiger partial charge in [0.2, 0.25) is 0 Å². The third-order valence-corrected chi connectivity index (χ3v) is 2.15. The summed E-state index contributed by atoms with van der Waals surface area (Å²) < 4.78 is 29.9. The fourth-order valence-corrected chi connectivity index (χ4v) is 1.38. The molecule has 0 saturated carbocycles. The Labute approximate surface area is 87.5 Å². The third kappa shape index (κ3) is 3.58. The summed E-state index contributed by atoms with van der Waals surface area (Å²) in [6.07, 6.45) is 3.53. The van der Waals surface area contributed by atoms with Crippen LogP contribution < -0.4 is 5.32 Å². The summed E-state index contributed by atoms with van der Waals surface area (Å²) in [5.74, 6) is -4.70. The normalized spacial score (nSPS) is 24.7. The first kappa shape index (κ1) is 12.1. The minimum atomic E-state index is -3.30. The van der Waals surface area contributed by atoms with E-state index in [1.54, 1.807) is 0 Å². The molecule has 5 heteroatoms. The number of ether oxygens (including phenoxy) is 1. The first-order valence-electron chi connectivity index (χ1n) is 4.97. The van der Waals surface area contributed by atoms with Crippen LogP contribution in [0.1, 0.15) is 19.8 Å². The number of carbonyl (C=O) groups is 1. The van der Waals surface area contributed by atoms with E-state index in [9.17, 15) is 13.6 Å². The molecule has 0 aliphatic carbocycles. The van der Waals surface area contributed by atoms with E-state index < -0.39 is 24.4 Å². The lowest BCUT2D eigenvalue weighted by Gasteiger charge is -2.08. The van der Waals surface area contributed by atoms with Crippen LogP contribution >= 0.6 is 0 Å². The lowest BCUT2D eigenvalue weighted by Crippen LogP contribution is -2.27. The molecule has 0 spiro atoms. The third-order valence-electron chi connectivity index (χ3n) is 2.15. The van der Waals surface area contributed by atoms with Crippen LogP contribution in [-0.2, 0) is 9.53 Å². The van der Waals surface area contributed by atoms with Crippen LogP contribution in [0.25, 0.3) is 0 Å². The monoisotopic (exact) mass is 219 g/mol. The van der Waals surface area contributed by atoms with E-state index in [0.717, 1.165) is 6.42 Å². The van der Waals surface area contributed by atoms with Crippen molar-refractivity contribution in [3.8, 4) is 0 Å². The zero-order valence-electron chi connectivity index (χ0n) is 8.63. The molecule has 1 aliphatic rings. The number of hydrogen-bond acceptors (Lipinski definition) is 3. The van der Waals surface area contributed by atoms with Crippen molar-refractivity contribution in [3.05, 3.63) is 12.2 Å². The van der Waals surface area contributed by atoms with Crippen molar-refractivity contribution in [2.75, 3.05) is 13.1 Å². The molecule has 0 radical (unpaired) electrons. The predicted molar refractivity (Wildman–Crippen MR) is 51.7 cm³/mol. The average Bonchev–Trinajstić information content (AvgIpc) is 2.40. The number of halogens is 2. The second-order valence-electron chi connectivity index (χ2n) is 3.50. The molecule has 1 atom stereocenters. The van der Waals surface area contributed by atoms with Gasteiger partial charge in [0.1, 0.15) is 6.10 Å². The number of allylic oxidation sites excluding steroid dienone is 1. The van der Waals surface area contributed by atoms with Crippen molar-refractivity contribution in [1.82, 2.24) is 5.32 Å². The fraction of sp³-hybridized carbons (Fsp3) is 0.700. The van der Waals surface area contributed by atoms with E-state index in [1.807, 2.05) is 19.1 Å². The quantitative estimate of drug-likeness (QED) is 0.432. The summed E-state index contributed by atoms with van der Waals surface area (Å²) >= 11 is 0. The molecule has 1 aliphatic heterocycles. The molecule has 1 heterocycles. The Balaban J connectivity index is 2.17. The lowest BCUT2D eigenvalue weighted by atomic mass is 10.2. The SMILES string of the molecule is C/C=C/CCNCC1CC(F)(F)C(=O)O1. The summed E-state index contributed by atoms with van der Waals surface area (Å²) in [7, 11) is 0. The molecule has 3 nitrogen and oxygen atoms in total. The molecule has 1 rings (SSSR count). The Hall–Kier alpha value is -0.970. The number of hydrogen-bond donors (Lipinski definition) is 1. The minimum Gasteiger partial charge on any atom is -0.456 e. The molecule has 15 heavy (non-hydrogen) atoms. The number of nitrogens with one attached hydrogen (secondary N) is 1. The van der Waals surface area contributed by atoms with Crippen LogP contribution in [0.2, 0.25) is 0 Å². The standard InChI is InChI=1S/C10H15F2NO2/c1-2-3-4-5-13-7-8-6-10(11,12)9(14)15-8/h2-3,8,13H,4-7H2,1H3/b3-2+. The van der Waals surface area contributed by atoms with Crippen molar-refractivity contribution >= 4 is 5.97 Å². The Kier molecular flexibility index (Phi) is 4.20. The maximum absolute atomic E-state index is 12.7. The zero-order chi connectivity index (χ0) is 11.3. The largest absolute Gasteiger partial charge is 0.456 e. The molecule has 0 aromatic heterocycles. The molecule has 1 N–H and O–H groups in total. The van der Waals surface area contributed by atoms with Crippen molar-refractivity contribution < 1.29 is 18.3 Å². The number of carbonyl (C=O) groups excluding carboxylic acids is 1. The molecule has 86 valence electrons. The van der Waals surface area contributed by atoms with Gasteiger partial charge in [0.05, 0.1) is 6.42 Å². The Bertz CT molecular complexity index is 254. The van der Waals surface area contributed by atoms with Crippen LogP contribution in [0.15, 0.2) is 12.2 Å². The van der Waals surface area contributed by atoms with Crippen molar-refractivity contribution in [2.24, 2.45) is 0 Å². The van der Waals surface area contributed by atoms with Gasteiger partial charge in [0, 0.05) is 6.54 Å². The number of cyclic esters (lactones) is 1. The molecule has 0 bridgehead atoms. The van der Waals surface area contributed by atoms with Gasteiger partial charge < -0.3 is 10.1 Å². The average molecular weight is 219 g/mol. The van der Waals surface area contributed by atoms with Crippen LogP contribution in [-0.4, -0.2) is 31.1 Å². The van der Waals surface area contributed by atoms with Crippen LogP contribution in [0, 0.1) is 0 Å². The van der Waals surface area contributed by atoms with Gasteiger partial charge in [0.25, 0.3) is 0 Å². The minimum absolute atomic E-state index is 0.291. The molecule has 0 aromatic carbocycles. The zero-order valence-corrected chi connectivity index (χ0v) is 8.63. The highest BCUT2D eigenvalue weighted by Crippen LogP contribution is 2.30. The van der Waals surface area contributed by atoms with Gasteiger partial charge in [-0.2, -0.15) is 8.78 Å². The number of esters is 1. The first-order valence-corrected chi connectivity index (χ1v) is 4.97. The molecule has 0 aromatic rings. The van der Waals surface area contributed by atoms with Crippen molar-refractivity contribution in [2.45, 2.75) is 31.8 Å². The highest BCUT2D eigenvalue weighted by atomic mass is 19.3. The van der Waals surface area contributed by atoms with Crippen LogP contribution in [0.4, 0.5) is 8.78 Å².